The maximum Gasteiger partial charge on any atom is 0.150 e. The summed E-state index contributed by atoms with van der Waals surface area (Å²) in [5.74, 6) is 0.387. The van der Waals surface area contributed by atoms with Crippen LogP contribution in [0.3, 0.4) is 0 Å². The minimum Gasteiger partial charge on any atom is -0.330 e. The molecule has 90 valence electrons. The Kier molecular flexibility index (Phi) is 4.89. The van der Waals surface area contributed by atoms with Crippen LogP contribution in [-0.2, 0) is 16.3 Å². The molecule has 4 nitrogen and oxygen atoms in total. The SMILES string of the molecule is CC(CN)CS(=O)(=O)CCc1ccncc1. The van der Waals surface area contributed by atoms with Gasteiger partial charge < -0.3 is 5.73 Å². The van der Waals surface area contributed by atoms with Gasteiger partial charge in [-0.1, -0.05) is 6.92 Å². The zero-order chi connectivity index (χ0) is 12.0. The summed E-state index contributed by atoms with van der Waals surface area (Å²) in [5, 5.41) is 0. The molecular weight excluding hydrogens is 224 g/mol. The van der Waals surface area contributed by atoms with Crippen molar-refractivity contribution >= 4 is 9.84 Å². The van der Waals surface area contributed by atoms with Crippen LogP contribution in [-0.4, -0.2) is 31.5 Å². The number of pyridine rings is 1. The summed E-state index contributed by atoms with van der Waals surface area (Å²) in [6.45, 7) is 2.26. The first-order chi connectivity index (χ1) is 7.53. The molecule has 16 heavy (non-hydrogen) atoms. The zero-order valence-electron chi connectivity index (χ0n) is 9.46. The molecule has 2 N–H and O–H groups in total. The van der Waals surface area contributed by atoms with E-state index in [1.165, 1.54) is 0 Å². The zero-order valence-corrected chi connectivity index (χ0v) is 10.3. The third kappa shape index (κ3) is 4.72. The van der Waals surface area contributed by atoms with Crippen molar-refractivity contribution in [2.75, 3.05) is 18.1 Å². The van der Waals surface area contributed by atoms with E-state index >= 15 is 0 Å². The van der Waals surface area contributed by atoms with Crippen LogP contribution in [0.2, 0.25) is 0 Å². The van der Waals surface area contributed by atoms with Crippen molar-refractivity contribution in [1.82, 2.24) is 4.98 Å². The molecule has 0 bridgehead atoms. The Balaban J connectivity index is 2.49. The lowest BCUT2D eigenvalue weighted by atomic mass is 10.2. The highest BCUT2D eigenvalue weighted by atomic mass is 32.2. The first-order valence-corrected chi connectivity index (χ1v) is 7.15. The van der Waals surface area contributed by atoms with Crippen LogP contribution < -0.4 is 5.73 Å². The number of aromatic nitrogens is 1. The Bertz CT molecular complexity index is 403. The Morgan fingerprint density at radius 2 is 2.00 bits per heavy atom. The van der Waals surface area contributed by atoms with Gasteiger partial charge in [0, 0.05) is 12.4 Å². The second-order valence-corrected chi connectivity index (χ2v) is 6.29. The Labute approximate surface area is 96.8 Å². The molecule has 1 atom stereocenters. The summed E-state index contributed by atoms with van der Waals surface area (Å²) in [5.41, 5.74) is 6.41. The number of hydrogen-bond donors (Lipinski definition) is 1. The molecule has 0 saturated carbocycles. The minimum absolute atomic E-state index is 0.0300. The quantitative estimate of drug-likeness (QED) is 0.794. The van der Waals surface area contributed by atoms with E-state index in [0.717, 1.165) is 5.56 Å². The predicted molar refractivity (Wildman–Crippen MR) is 64.8 cm³/mol. The van der Waals surface area contributed by atoms with E-state index in [0.29, 0.717) is 13.0 Å². The summed E-state index contributed by atoms with van der Waals surface area (Å²) in [6.07, 6.45) is 3.89. The fourth-order valence-corrected chi connectivity index (χ4v) is 3.12. The van der Waals surface area contributed by atoms with E-state index in [1.54, 1.807) is 12.4 Å². The lowest BCUT2D eigenvalue weighted by Crippen LogP contribution is -2.23. The molecular formula is C11H18N2O2S. The Morgan fingerprint density at radius 3 is 2.56 bits per heavy atom. The lowest BCUT2D eigenvalue weighted by Gasteiger charge is -2.09. The maximum absolute atomic E-state index is 11.7. The molecule has 0 fully saturated rings. The van der Waals surface area contributed by atoms with Gasteiger partial charge in [-0.05, 0) is 36.6 Å². The van der Waals surface area contributed by atoms with Gasteiger partial charge in [0.2, 0.25) is 0 Å². The molecule has 0 amide bonds. The number of nitrogens with zero attached hydrogens (tertiary/aromatic N) is 1. The Morgan fingerprint density at radius 1 is 1.38 bits per heavy atom. The van der Waals surface area contributed by atoms with Crippen molar-refractivity contribution in [3.05, 3.63) is 30.1 Å². The summed E-state index contributed by atoms with van der Waals surface area (Å²) >= 11 is 0. The van der Waals surface area contributed by atoms with Crippen LogP contribution in [0.1, 0.15) is 12.5 Å². The number of nitrogens with two attached hydrogens (primary N) is 1. The summed E-state index contributed by atoms with van der Waals surface area (Å²) in [7, 11) is -2.99. The molecule has 0 spiro atoms. The van der Waals surface area contributed by atoms with E-state index in [1.807, 2.05) is 19.1 Å². The number of aryl methyl sites for hydroxylation is 1. The Hall–Kier alpha value is -0.940. The molecule has 0 radical (unpaired) electrons. The molecule has 1 rings (SSSR count). The highest BCUT2D eigenvalue weighted by Gasteiger charge is 2.14. The highest BCUT2D eigenvalue weighted by molar-refractivity contribution is 7.91. The monoisotopic (exact) mass is 242 g/mol. The van der Waals surface area contributed by atoms with Crippen molar-refractivity contribution in [2.45, 2.75) is 13.3 Å². The average molecular weight is 242 g/mol. The number of sulfone groups is 1. The molecule has 1 aromatic rings. The maximum atomic E-state index is 11.7. The molecule has 1 unspecified atom stereocenters. The van der Waals surface area contributed by atoms with Gasteiger partial charge in [-0.2, -0.15) is 0 Å². The van der Waals surface area contributed by atoms with Crippen LogP contribution in [0.4, 0.5) is 0 Å². The minimum atomic E-state index is -2.99. The van der Waals surface area contributed by atoms with Gasteiger partial charge in [-0.3, -0.25) is 4.98 Å². The van der Waals surface area contributed by atoms with Crippen LogP contribution in [0.15, 0.2) is 24.5 Å². The van der Waals surface area contributed by atoms with Crippen molar-refractivity contribution in [1.29, 1.82) is 0 Å². The summed E-state index contributed by atoms with van der Waals surface area (Å²) < 4.78 is 23.4. The fourth-order valence-electron chi connectivity index (χ4n) is 1.41. The first kappa shape index (κ1) is 13.1. The van der Waals surface area contributed by atoms with E-state index in [-0.39, 0.29) is 17.4 Å². The van der Waals surface area contributed by atoms with E-state index in [4.69, 9.17) is 5.73 Å². The van der Waals surface area contributed by atoms with Gasteiger partial charge in [0.25, 0.3) is 0 Å². The van der Waals surface area contributed by atoms with Crippen LogP contribution >= 0.6 is 0 Å². The van der Waals surface area contributed by atoms with E-state index in [9.17, 15) is 8.42 Å². The number of hydrogen-bond acceptors (Lipinski definition) is 4. The summed E-state index contributed by atoms with van der Waals surface area (Å²) in [4.78, 5) is 3.89. The van der Waals surface area contributed by atoms with Gasteiger partial charge in [0.05, 0.1) is 11.5 Å². The second-order valence-electron chi connectivity index (χ2n) is 4.06. The lowest BCUT2D eigenvalue weighted by molar-refractivity contribution is 0.573. The van der Waals surface area contributed by atoms with Gasteiger partial charge in [-0.15, -0.1) is 0 Å². The highest BCUT2D eigenvalue weighted by Crippen LogP contribution is 2.05. The van der Waals surface area contributed by atoms with Crippen LogP contribution in [0.5, 0.6) is 0 Å². The molecule has 0 aliphatic carbocycles. The normalized spacial score (nSPS) is 13.6. The van der Waals surface area contributed by atoms with Gasteiger partial charge in [0.1, 0.15) is 0 Å². The molecule has 0 aliphatic rings. The van der Waals surface area contributed by atoms with Crippen LogP contribution in [0.25, 0.3) is 0 Å². The third-order valence-corrected chi connectivity index (χ3v) is 4.29. The van der Waals surface area contributed by atoms with Crippen molar-refractivity contribution < 1.29 is 8.42 Å². The molecule has 0 saturated heterocycles. The standard InChI is InChI=1S/C11H18N2O2S/c1-10(8-12)9-16(14,15)7-4-11-2-5-13-6-3-11/h2-3,5-6,10H,4,7-9,12H2,1H3. The van der Waals surface area contributed by atoms with Gasteiger partial charge >= 0.3 is 0 Å². The number of rotatable bonds is 6. The van der Waals surface area contributed by atoms with E-state index in [2.05, 4.69) is 4.98 Å². The molecule has 0 aromatic carbocycles. The largest absolute Gasteiger partial charge is 0.330 e. The smallest absolute Gasteiger partial charge is 0.150 e. The summed E-state index contributed by atoms with van der Waals surface area (Å²) in [6, 6.07) is 3.67. The van der Waals surface area contributed by atoms with E-state index < -0.39 is 9.84 Å². The fraction of sp³-hybridized carbons (Fsp3) is 0.545. The third-order valence-electron chi connectivity index (χ3n) is 2.39. The predicted octanol–water partition coefficient (Wildman–Crippen LogP) is 0.634. The molecule has 1 aromatic heterocycles. The van der Waals surface area contributed by atoms with Crippen molar-refractivity contribution in [2.24, 2.45) is 11.7 Å². The van der Waals surface area contributed by atoms with Gasteiger partial charge in [-0.25, -0.2) is 8.42 Å². The second kappa shape index (κ2) is 5.96. The molecule has 0 aliphatic heterocycles. The van der Waals surface area contributed by atoms with Gasteiger partial charge in [0.15, 0.2) is 9.84 Å². The molecule has 5 heteroatoms. The average Bonchev–Trinajstić information content (AvgIpc) is 2.27. The van der Waals surface area contributed by atoms with Crippen molar-refractivity contribution in [3.63, 3.8) is 0 Å². The van der Waals surface area contributed by atoms with Crippen molar-refractivity contribution in [3.8, 4) is 0 Å². The van der Waals surface area contributed by atoms with Crippen LogP contribution in [0, 0.1) is 5.92 Å². The molecule has 1 heterocycles. The first-order valence-electron chi connectivity index (χ1n) is 5.33. The topological polar surface area (TPSA) is 73.1 Å².